The second-order valence-electron chi connectivity index (χ2n) is 8.58. The summed E-state index contributed by atoms with van der Waals surface area (Å²) < 4.78 is 0. The fourth-order valence-electron chi connectivity index (χ4n) is 6.30. The van der Waals surface area contributed by atoms with E-state index >= 15 is 0 Å². The van der Waals surface area contributed by atoms with Gasteiger partial charge in [0.25, 0.3) is 0 Å². The molecule has 1 aliphatic heterocycles. The largest absolute Gasteiger partial charge is 0.302 e. The van der Waals surface area contributed by atoms with E-state index in [9.17, 15) is 14.4 Å². The molecule has 0 unspecified atom stereocenters. The number of benzene rings is 3. The molecule has 0 spiro atoms. The van der Waals surface area contributed by atoms with Crippen molar-refractivity contribution in [1.82, 2.24) is 0 Å². The van der Waals surface area contributed by atoms with Crippen LogP contribution in [0.1, 0.15) is 29.2 Å². The predicted octanol–water partition coefficient (Wildman–Crippen LogP) is 3.61. The van der Waals surface area contributed by atoms with Gasteiger partial charge in [0.1, 0.15) is 6.29 Å². The first kappa shape index (κ1) is 17.3. The molecule has 0 radical (unpaired) electrons. The van der Waals surface area contributed by atoms with Crippen LogP contribution >= 0.6 is 0 Å². The minimum atomic E-state index is -1.16. The molecule has 3 aliphatic carbocycles. The summed E-state index contributed by atoms with van der Waals surface area (Å²) in [6, 6.07) is 24.6. The highest BCUT2D eigenvalue weighted by atomic mass is 16.2. The molecule has 4 heteroatoms. The van der Waals surface area contributed by atoms with Crippen molar-refractivity contribution < 1.29 is 14.4 Å². The number of rotatable bonds is 2. The van der Waals surface area contributed by atoms with Crippen LogP contribution in [-0.4, -0.2) is 18.1 Å². The normalized spacial score (nSPS) is 30.6. The van der Waals surface area contributed by atoms with Crippen LogP contribution < -0.4 is 4.90 Å². The van der Waals surface area contributed by atoms with Gasteiger partial charge in [-0.1, -0.05) is 73.7 Å². The second-order valence-corrected chi connectivity index (χ2v) is 8.58. The van der Waals surface area contributed by atoms with Crippen LogP contribution in [0.5, 0.6) is 0 Å². The molecule has 0 saturated carbocycles. The Bertz CT molecular complexity index is 1200. The molecule has 3 aromatic carbocycles. The second kappa shape index (κ2) is 5.54. The fraction of sp³-hybridized carbons (Fsp3) is 0.192. The molecule has 2 amide bonds. The molecule has 1 fully saturated rings. The molecular formula is C26H19NO3. The molecule has 30 heavy (non-hydrogen) atoms. The molecule has 4 nitrogen and oxygen atoms in total. The Balaban J connectivity index is 1.72. The minimum absolute atomic E-state index is 0.228. The maximum Gasteiger partial charge on any atom is 0.239 e. The highest BCUT2D eigenvalue weighted by Crippen LogP contribution is 2.66. The summed E-state index contributed by atoms with van der Waals surface area (Å²) in [6.45, 7) is 2.05. The van der Waals surface area contributed by atoms with E-state index in [2.05, 4.69) is 6.92 Å². The van der Waals surface area contributed by atoms with Gasteiger partial charge in [-0.3, -0.25) is 9.59 Å². The van der Waals surface area contributed by atoms with Crippen molar-refractivity contribution in [3.63, 3.8) is 0 Å². The van der Waals surface area contributed by atoms with Gasteiger partial charge in [-0.2, -0.15) is 0 Å². The van der Waals surface area contributed by atoms with Crippen molar-refractivity contribution in [1.29, 1.82) is 0 Å². The Morgan fingerprint density at radius 2 is 1.17 bits per heavy atom. The lowest BCUT2D eigenvalue weighted by atomic mass is 9.42. The van der Waals surface area contributed by atoms with Crippen molar-refractivity contribution in [2.75, 3.05) is 4.90 Å². The lowest BCUT2D eigenvalue weighted by molar-refractivity contribution is -0.129. The van der Waals surface area contributed by atoms with Crippen molar-refractivity contribution in [3.8, 4) is 0 Å². The summed E-state index contributed by atoms with van der Waals surface area (Å²) >= 11 is 0. The summed E-state index contributed by atoms with van der Waals surface area (Å²) in [7, 11) is 0. The van der Waals surface area contributed by atoms with Gasteiger partial charge in [-0.15, -0.1) is 0 Å². The number of carbonyl (C=O) groups is 3. The number of aldehydes is 1. The van der Waals surface area contributed by atoms with Gasteiger partial charge in [0.15, 0.2) is 0 Å². The van der Waals surface area contributed by atoms with Crippen LogP contribution in [0.2, 0.25) is 0 Å². The molecule has 4 aliphatic rings. The van der Waals surface area contributed by atoms with Crippen LogP contribution in [0.25, 0.3) is 0 Å². The zero-order chi connectivity index (χ0) is 20.7. The average Bonchev–Trinajstić information content (AvgIpc) is 3.07. The molecule has 1 heterocycles. The molecule has 3 aromatic rings. The fourth-order valence-corrected chi connectivity index (χ4v) is 6.30. The summed E-state index contributed by atoms with van der Waals surface area (Å²) in [4.78, 5) is 41.8. The van der Waals surface area contributed by atoms with Gasteiger partial charge < -0.3 is 4.79 Å². The smallest absolute Gasteiger partial charge is 0.239 e. The quantitative estimate of drug-likeness (QED) is 0.494. The summed E-state index contributed by atoms with van der Waals surface area (Å²) in [6.07, 6.45) is 0.904. The highest BCUT2D eigenvalue weighted by molar-refractivity contribution is 6.25. The molecule has 146 valence electrons. The first-order valence-corrected chi connectivity index (χ1v) is 10.2. The van der Waals surface area contributed by atoms with Gasteiger partial charge >= 0.3 is 0 Å². The van der Waals surface area contributed by atoms with Crippen LogP contribution in [0, 0.1) is 11.8 Å². The number of para-hydroxylation sites is 1. The zero-order valence-electron chi connectivity index (χ0n) is 16.4. The number of hydrogen-bond acceptors (Lipinski definition) is 3. The summed E-state index contributed by atoms with van der Waals surface area (Å²) in [5.41, 5.74) is 2.34. The number of hydrogen-bond donors (Lipinski definition) is 0. The highest BCUT2D eigenvalue weighted by Gasteiger charge is 2.72. The van der Waals surface area contributed by atoms with E-state index in [-0.39, 0.29) is 11.8 Å². The van der Waals surface area contributed by atoms with Crippen molar-refractivity contribution in [2.45, 2.75) is 17.8 Å². The standard InChI is InChI=1S/C26H19NO3/c1-25-17-11-5-7-13-19(17)26(15-28,20-14-8-6-12-18(20)25)22-21(25)23(29)27(24(22)30)16-9-3-2-4-10-16/h2-15,21-22H,1H3/t21-,22+,25?,26?/m0/s1. The zero-order valence-corrected chi connectivity index (χ0v) is 16.4. The van der Waals surface area contributed by atoms with E-state index < -0.39 is 22.7 Å². The maximum absolute atomic E-state index is 13.8. The van der Waals surface area contributed by atoms with Crippen molar-refractivity contribution in [2.24, 2.45) is 11.8 Å². The molecule has 2 atom stereocenters. The monoisotopic (exact) mass is 393 g/mol. The summed E-state index contributed by atoms with van der Waals surface area (Å²) in [5.74, 6) is -1.90. The summed E-state index contributed by atoms with van der Waals surface area (Å²) in [5, 5.41) is 0. The van der Waals surface area contributed by atoms with Crippen LogP contribution in [0.15, 0.2) is 78.9 Å². The van der Waals surface area contributed by atoms with Gasteiger partial charge in [-0.05, 0) is 34.4 Å². The Morgan fingerprint density at radius 3 is 1.70 bits per heavy atom. The van der Waals surface area contributed by atoms with Gasteiger partial charge in [0.2, 0.25) is 11.8 Å². The first-order chi connectivity index (χ1) is 14.6. The average molecular weight is 393 g/mol. The van der Waals surface area contributed by atoms with E-state index in [1.807, 2.05) is 66.7 Å². The Morgan fingerprint density at radius 1 is 0.700 bits per heavy atom. The first-order valence-electron chi connectivity index (χ1n) is 10.2. The Hall–Kier alpha value is -3.53. The Kier molecular flexibility index (Phi) is 3.20. The molecular weight excluding hydrogens is 374 g/mol. The lowest BCUT2D eigenvalue weighted by Crippen LogP contribution is -2.61. The van der Waals surface area contributed by atoms with E-state index in [1.165, 1.54) is 4.90 Å². The van der Waals surface area contributed by atoms with E-state index in [0.29, 0.717) is 5.69 Å². The van der Waals surface area contributed by atoms with Crippen molar-refractivity contribution >= 4 is 23.8 Å². The molecule has 2 bridgehead atoms. The van der Waals surface area contributed by atoms with Crippen molar-refractivity contribution in [3.05, 3.63) is 101 Å². The third-order valence-electron chi connectivity index (χ3n) is 7.48. The van der Waals surface area contributed by atoms with E-state index in [0.717, 1.165) is 28.5 Å². The van der Waals surface area contributed by atoms with E-state index in [4.69, 9.17) is 0 Å². The van der Waals surface area contributed by atoms with Crippen LogP contribution in [-0.2, 0) is 25.2 Å². The van der Waals surface area contributed by atoms with Crippen LogP contribution in [0.4, 0.5) is 5.69 Å². The predicted molar refractivity (Wildman–Crippen MR) is 112 cm³/mol. The lowest BCUT2D eigenvalue weighted by Gasteiger charge is -2.56. The molecule has 1 saturated heterocycles. The molecule has 0 aromatic heterocycles. The third kappa shape index (κ3) is 1.68. The molecule has 0 N–H and O–H groups in total. The maximum atomic E-state index is 13.8. The number of nitrogens with zero attached hydrogens (tertiary/aromatic N) is 1. The van der Waals surface area contributed by atoms with Gasteiger partial charge in [0.05, 0.1) is 22.9 Å². The number of anilines is 1. The molecule has 7 rings (SSSR count). The number of carbonyl (C=O) groups excluding carboxylic acids is 3. The van der Waals surface area contributed by atoms with Gasteiger partial charge in [-0.25, -0.2) is 4.90 Å². The third-order valence-corrected chi connectivity index (χ3v) is 7.48. The number of amides is 2. The Labute approximate surface area is 174 Å². The minimum Gasteiger partial charge on any atom is -0.302 e. The van der Waals surface area contributed by atoms with Gasteiger partial charge in [0, 0.05) is 5.41 Å². The number of imide groups is 1. The topological polar surface area (TPSA) is 54.5 Å². The SMILES string of the molecule is CC12c3ccccc3C(C=O)(c3ccccc31)[C@H]1C(=O)N(c3ccccc3)C(=O)[C@H]12. The van der Waals surface area contributed by atoms with Crippen LogP contribution in [0.3, 0.4) is 0 Å². The van der Waals surface area contributed by atoms with E-state index in [1.54, 1.807) is 12.1 Å².